The van der Waals surface area contributed by atoms with Gasteiger partial charge >= 0.3 is 0 Å². The molecule has 0 spiro atoms. The number of hydrogen-bond donors (Lipinski definition) is 2. The summed E-state index contributed by atoms with van der Waals surface area (Å²) in [5.41, 5.74) is 0.777. The van der Waals surface area contributed by atoms with Crippen LogP contribution in [0.5, 0.6) is 0 Å². The van der Waals surface area contributed by atoms with Gasteiger partial charge in [0.25, 0.3) is 10.1 Å². The Kier molecular flexibility index (Phi) is 3.21. The molecule has 6 heteroatoms. The van der Waals surface area contributed by atoms with E-state index < -0.39 is 10.1 Å². The van der Waals surface area contributed by atoms with Crippen LogP contribution in [0.25, 0.3) is 0 Å². The Labute approximate surface area is 76.6 Å². The van der Waals surface area contributed by atoms with Crippen molar-refractivity contribution in [1.29, 1.82) is 0 Å². The lowest BCUT2D eigenvalue weighted by molar-refractivity contribution is 0.484. The first-order valence-corrected chi connectivity index (χ1v) is 5.28. The predicted molar refractivity (Wildman–Crippen MR) is 49.1 cm³/mol. The molecule has 0 aliphatic rings. The number of rotatable bonds is 4. The van der Waals surface area contributed by atoms with Gasteiger partial charge < -0.3 is 5.32 Å². The monoisotopic (exact) mass is 202 g/mol. The van der Waals surface area contributed by atoms with Crippen LogP contribution in [0.1, 0.15) is 0 Å². The van der Waals surface area contributed by atoms with Gasteiger partial charge in [0.2, 0.25) is 0 Å². The molecule has 0 unspecified atom stereocenters. The molecule has 0 atom stereocenters. The Bertz CT molecular complexity index is 349. The molecule has 0 radical (unpaired) electrons. The van der Waals surface area contributed by atoms with E-state index in [2.05, 4.69) is 10.3 Å². The molecule has 0 aromatic carbocycles. The van der Waals surface area contributed by atoms with Crippen molar-refractivity contribution in [2.24, 2.45) is 0 Å². The van der Waals surface area contributed by atoms with Crippen molar-refractivity contribution >= 4 is 15.8 Å². The average Bonchev–Trinajstić information content (AvgIpc) is 2.04. The standard InChI is InChI=1S/C7H10N2O3S/c10-13(11,12)6-5-9-7-1-3-8-4-2-7/h1-4H,5-6H2,(H,8,9)(H,10,11,12). The summed E-state index contributed by atoms with van der Waals surface area (Å²) in [4.78, 5) is 3.79. The Morgan fingerprint density at radius 2 is 2.00 bits per heavy atom. The topological polar surface area (TPSA) is 79.3 Å². The van der Waals surface area contributed by atoms with Gasteiger partial charge in [-0.2, -0.15) is 8.42 Å². The molecule has 1 aromatic rings. The molecule has 0 saturated heterocycles. The van der Waals surface area contributed by atoms with Crippen LogP contribution in [0.15, 0.2) is 24.5 Å². The van der Waals surface area contributed by atoms with Gasteiger partial charge in [-0.25, -0.2) is 0 Å². The molecule has 13 heavy (non-hydrogen) atoms. The van der Waals surface area contributed by atoms with E-state index in [9.17, 15) is 8.42 Å². The van der Waals surface area contributed by atoms with Gasteiger partial charge in [0.15, 0.2) is 0 Å². The van der Waals surface area contributed by atoms with Gasteiger partial charge in [0, 0.05) is 24.6 Å². The highest BCUT2D eigenvalue weighted by Gasteiger charge is 2.02. The summed E-state index contributed by atoms with van der Waals surface area (Å²) < 4.78 is 29.1. The molecular formula is C7H10N2O3S. The number of hydrogen-bond acceptors (Lipinski definition) is 4. The van der Waals surface area contributed by atoms with Crippen LogP contribution in [0.2, 0.25) is 0 Å². The first kappa shape index (κ1) is 9.94. The van der Waals surface area contributed by atoms with Crippen molar-refractivity contribution in [3.05, 3.63) is 24.5 Å². The van der Waals surface area contributed by atoms with Gasteiger partial charge in [-0.15, -0.1) is 0 Å². The average molecular weight is 202 g/mol. The maximum Gasteiger partial charge on any atom is 0.266 e. The van der Waals surface area contributed by atoms with Crippen molar-refractivity contribution < 1.29 is 13.0 Å². The molecular weight excluding hydrogens is 192 g/mol. The third-order valence-electron chi connectivity index (χ3n) is 1.37. The van der Waals surface area contributed by atoms with E-state index in [0.717, 1.165) is 5.69 Å². The molecule has 5 nitrogen and oxygen atoms in total. The van der Waals surface area contributed by atoms with E-state index in [4.69, 9.17) is 4.55 Å². The predicted octanol–water partition coefficient (Wildman–Crippen LogP) is 0.381. The Morgan fingerprint density at radius 1 is 1.38 bits per heavy atom. The van der Waals surface area contributed by atoms with Crippen LogP contribution >= 0.6 is 0 Å². The van der Waals surface area contributed by atoms with Crippen LogP contribution in [0.4, 0.5) is 5.69 Å². The smallest absolute Gasteiger partial charge is 0.266 e. The van der Waals surface area contributed by atoms with Gasteiger partial charge in [-0.3, -0.25) is 9.54 Å². The largest absolute Gasteiger partial charge is 0.384 e. The van der Waals surface area contributed by atoms with Gasteiger partial charge in [0.1, 0.15) is 0 Å². The molecule has 0 bridgehead atoms. The Morgan fingerprint density at radius 3 is 2.54 bits per heavy atom. The van der Waals surface area contributed by atoms with E-state index in [0.29, 0.717) is 0 Å². The fourth-order valence-electron chi connectivity index (χ4n) is 0.794. The summed E-state index contributed by atoms with van der Waals surface area (Å²) in [5.74, 6) is -0.296. The van der Waals surface area contributed by atoms with Crippen LogP contribution in [-0.2, 0) is 10.1 Å². The van der Waals surface area contributed by atoms with Crippen molar-refractivity contribution in [1.82, 2.24) is 4.98 Å². The lowest BCUT2D eigenvalue weighted by atomic mass is 10.4. The number of aromatic nitrogens is 1. The fraction of sp³-hybridized carbons (Fsp3) is 0.286. The van der Waals surface area contributed by atoms with E-state index in [-0.39, 0.29) is 12.3 Å². The fourth-order valence-corrected chi connectivity index (χ4v) is 1.15. The van der Waals surface area contributed by atoms with Crippen molar-refractivity contribution in [3.63, 3.8) is 0 Å². The molecule has 1 rings (SSSR count). The molecule has 0 saturated carbocycles. The minimum absolute atomic E-state index is 0.183. The summed E-state index contributed by atoms with van der Waals surface area (Å²) in [6.07, 6.45) is 3.19. The van der Waals surface area contributed by atoms with E-state index >= 15 is 0 Å². The quantitative estimate of drug-likeness (QED) is 0.690. The Balaban J connectivity index is 2.37. The van der Waals surface area contributed by atoms with E-state index in [1.165, 1.54) is 0 Å². The first-order chi connectivity index (χ1) is 6.08. The third-order valence-corrected chi connectivity index (χ3v) is 2.09. The van der Waals surface area contributed by atoms with Crippen molar-refractivity contribution in [2.45, 2.75) is 0 Å². The zero-order valence-electron chi connectivity index (χ0n) is 6.84. The lowest BCUT2D eigenvalue weighted by Crippen LogP contribution is -2.14. The van der Waals surface area contributed by atoms with Gasteiger partial charge in [-0.05, 0) is 12.1 Å². The SMILES string of the molecule is O=S(=O)(O)CCNc1ccncc1. The third kappa shape index (κ3) is 4.44. The minimum atomic E-state index is -3.87. The summed E-state index contributed by atoms with van der Waals surface area (Å²) in [6, 6.07) is 3.42. The normalized spacial score (nSPS) is 11.2. The van der Waals surface area contributed by atoms with Crippen molar-refractivity contribution in [2.75, 3.05) is 17.6 Å². The molecule has 0 aliphatic heterocycles. The maximum atomic E-state index is 10.3. The number of nitrogens with one attached hydrogen (secondary N) is 1. The summed E-state index contributed by atoms with van der Waals surface area (Å²) in [6.45, 7) is 0.183. The van der Waals surface area contributed by atoms with Crippen LogP contribution in [0.3, 0.4) is 0 Å². The number of pyridine rings is 1. The zero-order valence-corrected chi connectivity index (χ0v) is 7.66. The summed E-state index contributed by atoms with van der Waals surface area (Å²) in [5, 5.41) is 2.82. The minimum Gasteiger partial charge on any atom is -0.384 e. The second-order valence-electron chi connectivity index (χ2n) is 2.45. The van der Waals surface area contributed by atoms with Crippen LogP contribution < -0.4 is 5.32 Å². The highest BCUT2D eigenvalue weighted by atomic mass is 32.2. The van der Waals surface area contributed by atoms with E-state index in [1.54, 1.807) is 24.5 Å². The molecule has 0 fully saturated rings. The molecule has 1 heterocycles. The van der Waals surface area contributed by atoms with Crippen LogP contribution in [0, 0.1) is 0 Å². The molecule has 0 aliphatic carbocycles. The Hall–Kier alpha value is -1.14. The number of nitrogens with zero attached hydrogens (tertiary/aromatic N) is 1. The van der Waals surface area contributed by atoms with Gasteiger partial charge in [-0.1, -0.05) is 0 Å². The molecule has 0 amide bonds. The van der Waals surface area contributed by atoms with Gasteiger partial charge in [0.05, 0.1) is 5.75 Å². The first-order valence-electron chi connectivity index (χ1n) is 3.67. The summed E-state index contributed by atoms with van der Waals surface area (Å²) in [7, 11) is -3.87. The highest BCUT2D eigenvalue weighted by Crippen LogP contribution is 2.01. The van der Waals surface area contributed by atoms with E-state index in [1.807, 2.05) is 0 Å². The van der Waals surface area contributed by atoms with Crippen LogP contribution in [-0.4, -0.2) is 30.3 Å². The molecule has 72 valence electrons. The maximum absolute atomic E-state index is 10.3. The second kappa shape index (κ2) is 4.20. The van der Waals surface area contributed by atoms with Crippen molar-refractivity contribution in [3.8, 4) is 0 Å². The number of anilines is 1. The molecule has 1 aromatic heterocycles. The highest BCUT2D eigenvalue weighted by molar-refractivity contribution is 7.85. The zero-order chi connectivity index (χ0) is 9.73. The summed E-state index contributed by atoms with van der Waals surface area (Å²) >= 11 is 0. The molecule has 2 N–H and O–H groups in total. The second-order valence-corrected chi connectivity index (χ2v) is 4.02. The lowest BCUT2D eigenvalue weighted by Gasteiger charge is -2.03.